The average molecular weight is 308 g/mol. The van der Waals surface area contributed by atoms with Gasteiger partial charge in [-0.1, -0.05) is 42.6 Å². The van der Waals surface area contributed by atoms with Gasteiger partial charge in [0.25, 0.3) is 0 Å². The lowest BCUT2D eigenvalue weighted by molar-refractivity contribution is 0.0413. The summed E-state index contributed by atoms with van der Waals surface area (Å²) in [6.07, 6.45) is 4.94. The van der Waals surface area contributed by atoms with Crippen molar-refractivity contribution in [2.75, 3.05) is 25.5 Å². The molecule has 0 aliphatic carbocycles. The van der Waals surface area contributed by atoms with E-state index in [0.29, 0.717) is 5.41 Å². The number of likely N-dealkylation sites (N-methyl/N-ethyl adjacent to an activating group) is 1. The van der Waals surface area contributed by atoms with Crippen LogP contribution in [0.3, 0.4) is 0 Å². The number of hydrogen-bond acceptors (Lipinski definition) is 2. The second kappa shape index (κ2) is 7.75. The molecule has 0 bridgehead atoms. The van der Waals surface area contributed by atoms with Gasteiger partial charge < -0.3 is 5.11 Å². The van der Waals surface area contributed by atoms with Crippen molar-refractivity contribution in [3.63, 3.8) is 0 Å². The Kier molecular flexibility index (Phi) is 7.93. The van der Waals surface area contributed by atoms with E-state index in [-0.39, 0.29) is 12.1 Å². The van der Waals surface area contributed by atoms with Gasteiger partial charge in [0.05, 0.1) is 6.61 Å². The number of alkyl halides is 1. The lowest BCUT2D eigenvalue weighted by atomic mass is 9.80. The second-order valence-electron chi connectivity index (χ2n) is 5.96. The maximum Gasteiger partial charge on any atom is 0.0609 e. The molecule has 0 unspecified atom stereocenters. The molecule has 0 saturated carbocycles. The average Bonchev–Trinajstić information content (AvgIpc) is 2.29. The first kappa shape index (κ1) is 17.4. The topological polar surface area (TPSA) is 23.5 Å². The van der Waals surface area contributed by atoms with Gasteiger partial charge in [0, 0.05) is 17.4 Å². The molecule has 0 aliphatic rings. The molecule has 0 aromatic carbocycles. The third kappa shape index (κ3) is 5.27. The Hall–Kier alpha value is 0.400. The molecule has 0 aromatic heterocycles. The predicted molar refractivity (Wildman–Crippen MR) is 79.8 cm³/mol. The Labute approximate surface area is 116 Å². The first-order chi connectivity index (χ1) is 7.87. The van der Waals surface area contributed by atoms with Crippen molar-refractivity contribution < 1.29 is 5.11 Å². The summed E-state index contributed by atoms with van der Waals surface area (Å²) in [5.41, 5.74) is 0.222. The van der Waals surface area contributed by atoms with Crippen LogP contribution in [0.15, 0.2) is 0 Å². The van der Waals surface area contributed by atoms with E-state index in [1.807, 2.05) is 0 Å². The molecule has 0 atom stereocenters. The summed E-state index contributed by atoms with van der Waals surface area (Å²) in [6.45, 7) is 9.97. The number of aliphatic hydroxyl groups is 1. The van der Waals surface area contributed by atoms with Crippen LogP contribution >= 0.6 is 15.9 Å². The minimum atomic E-state index is -0.130. The largest absolute Gasteiger partial charge is 0.394 e. The van der Waals surface area contributed by atoms with Crippen LogP contribution in [-0.4, -0.2) is 41.1 Å². The van der Waals surface area contributed by atoms with Gasteiger partial charge >= 0.3 is 0 Å². The number of aliphatic hydroxyl groups excluding tert-OH is 1. The van der Waals surface area contributed by atoms with Gasteiger partial charge in [0.15, 0.2) is 0 Å². The summed E-state index contributed by atoms with van der Waals surface area (Å²) in [6, 6.07) is 0. The van der Waals surface area contributed by atoms with Crippen LogP contribution in [0.5, 0.6) is 0 Å². The molecule has 1 N–H and O–H groups in total. The van der Waals surface area contributed by atoms with E-state index in [1.54, 1.807) is 0 Å². The third-order valence-electron chi connectivity index (χ3n) is 3.84. The molecule has 0 radical (unpaired) electrons. The van der Waals surface area contributed by atoms with Crippen LogP contribution in [0.2, 0.25) is 0 Å². The van der Waals surface area contributed by atoms with Gasteiger partial charge in [-0.25, -0.2) is 0 Å². The zero-order chi connectivity index (χ0) is 13.5. The van der Waals surface area contributed by atoms with Gasteiger partial charge in [-0.3, -0.25) is 4.90 Å². The Morgan fingerprint density at radius 1 is 1.12 bits per heavy atom. The summed E-state index contributed by atoms with van der Waals surface area (Å²) < 4.78 is 0. The van der Waals surface area contributed by atoms with Crippen molar-refractivity contribution in [1.82, 2.24) is 4.90 Å². The fourth-order valence-electron chi connectivity index (χ4n) is 2.36. The Morgan fingerprint density at radius 3 is 1.88 bits per heavy atom. The molecule has 0 amide bonds. The van der Waals surface area contributed by atoms with E-state index in [1.165, 1.54) is 25.7 Å². The minimum Gasteiger partial charge on any atom is -0.394 e. The molecule has 0 spiro atoms. The van der Waals surface area contributed by atoms with Crippen LogP contribution in [0.4, 0.5) is 0 Å². The summed E-state index contributed by atoms with van der Waals surface area (Å²) >= 11 is 3.70. The number of rotatable bonds is 9. The maximum atomic E-state index is 9.44. The van der Waals surface area contributed by atoms with Crippen LogP contribution in [0, 0.1) is 5.41 Å². The van der Waals surface area contributed by atoms with E-state index in [0.717, 1.165) is 11.9 Å². The summed E-state index contributed by atoms with van der Waals surface area (Å²) in [5, 5.41) is 10.5. The molecule has 104 valence electrons. The number of nitrogens with zero attached hydrogens (tertiary/aromatic N) is 1. The Morgan fingerprint density at radius 2 is 1.59 bits per heavy atom. The van der Waals surface area contributed by atoms with Gasteiger partial charge in [-0.05, 0) is 39.2 Å². The van der Waals surface area contributed by atoms with Crippen molar-refractivity contribution in [1.29, 1.82) is 0 Å². The molecule has 0 heterocycles. The van der Waals surface area contributed by atoms with E-state index in [9.17, 15) is 5.11 Å². The smallest absolute Gasteiger partial charge is 0.0609 e. The zero-order valence-corrected chi connectivity index (χ0v) is 13.8. The molecule has 0 aromatic rings. The standard InChI is InChI=1S/C14H30BrNO/c1-6-8-14(10-15,9-7-2)11-16(5)13(3,4)12-17/h17H,6-12H2,1-5H3. The van der Waals surface area contributed by atoms with E-state index < -0.39 is 0 Å². The Balaban J connectivity index is 4.72. The van der Waals surface area contributed by atoms with Crippen molar-refractivity contribution >= 4 is 15.9 Å². The first-order valence-corrected chi connectivity index (χ1v) is 7.87. The monoisotopic (exact) mass is 307 g/mol. The Bertz CT molecular complexity index is 200. The first-order valence-electron chi connectivity index (χ1n) is 6.75. The van der Waals surface area contributed by atoms with E-state index in [4.69, 9.17) is 0 Å². The van der Waals surface area contributed by atoms with Gasteiger partial charge in [-0.2, -0.15) is 0 Å². The van der Waals surface area contributed by atoms with Crippen LogP contribution in [0.1, 0.15) is 53.4 Å². The highest BCUT2D eigenvalue weighted by molar-refractivity contribution is 9.09. The number of halogens is 1. The SMILES string of the molecule is CCCC(CBr)(CCC)CN(C)C(C)(C)CO. The van der Waals surface area contributed by atoms with Gasteiger partial charge in [0.1, 0.15) is 0 Å². The fraction of sp³-hybridized carbons (Fsp3) is 1.00. The van der Waals surface area contributed by atoms with Crippen molar-refractivity contribution in [2.45, 2.75) is 58.9 Å². The molecule has 3 heteroatoms. The highest BCUT2D eigenvalue weighted by Gasteiger charge is 2.33. The fourth-order valence-corrected chi connectivity index (χ4v) is 3.10. The highest BCUT2D eigenvalue weighted by atomic mass is 79.9. The highest BCUT2D eigenvalue weighted by Crippen LogP contribution is 2.34. The van der Waals surface area contributed by atoms with Gasteiger partial charge in [-0.15, -0.1) is 0 Å². The minimum absolute atomic E-state index is 0.130. The normalized spacial score (nSPS) is 13.4. The summed E-state index contributed by atoms with van der Waals surface area (Å²) in [7, 11) is 2.12. The number of hydrogen-bond donors (Lipinski definition) is 1. The van der Waals surface area contributed by atoms with Crippen LogP contribution in [0.25, 0.3) is 0 Å². The lowest BCUT2D eigenvalue weighted by Gasteiger charge is -2.42. The molecule has 2 nitrogen and oxygen atoms in total. The predicted octanol–water partition coefficient (Wildman–Crippen LogP) is 3.67. The summed E-state index contributed by atoms with van der Waals surface area (Å²) in [5.74, 6) is 0. The molecule has 0 rings (SSSR count). The third-order valence-corrected chi connectivity index (χ3v) is 5.03. The maximum absolute atomic E-state index is 9.44. The van der Waals surface area contributed by atoms with Crippen LogP contribution in [-0.2, 0) is 0 Å². The molecule has 0 saturated heterocycles. The molecule has 17 heavy (non-hydrogen) atoms. The second-order valence-corrected chi connectivity index (χ2v) is 6.52. The quantitative estimate of drug-likeness (QED) is 0.657. The molecular weight excluding hydrogens is 278 g/mol. The molecular formula is C14H30BrNO. The van der Waals surface area contributed by atoms with Gasteiger partial charge in [0.2, 0.25) is 0 Å². The van der Waals surface area contributed by atoms with E-state index >= 15 is 0 Å². The lowest BCUT2D eigenvalue weighted by Crippen LogP contribution is -2.49. The summed E-state index contributed by atoms with van der Waals surface area (Å²) in [4.78, 5) is 2.31. The molecule has 0 aliphatic heterocycles. The van der Waals surface area contributed by atoms with Crippen molar-refractivity contribution in [3.05, 3.63) is 0 Å². The van der Waals surface area contributed by atoms with Crippen molar-refractivity contribution in [2.24, 2.45) is 5.41 Å². The van der Waals surface area contributed by atoms with E-state index in [2.05, 4.69) is 55.6 Å². The van der Waals surface area contributed by atoms with Crippen LogP contribution < -0.4 is 0 Å². The van der Waals surface area contributed by atoms with Crippen molar-refractivity contribution in [3.8, 4) is 0 Å². The molecule has 0 fully saturated rings. The zero-order valence-electron chi connectivity index (χ0n) is 12.2.